The van der Waals surface area contributed by atoms with E-state index in [1.54, 1.807) is 6.92 Å². The molecule has 1 amide bonds. The van der Waals surface area contributed by atoms with Gasteiger partial charge in [-0.05, 0) is 13.3 Å². The van der Waals surface area contributed by atoms with Gasteiger partial charge in [0.1, 0.15) is 6.10 Å². The van der Waals surface area contributed by atoms with Gasteiger partial charge in [-0.2, -0.15) is 0 Å². The Morgan fingerprint density at radius 2 is 2.06 bits per heavy atom. The van der Waals surface area contributed by atoms with Gasteiger partial charge in [-0.15, -0.1) is 23.2 Å². The Labute approximate surface area is 111 Å². The molecule has 100 valence electrons. The third-order valence-corrected chi connectivity index (χ3v) is 5.12. The predicted molar refractivity (Wildman–Crippen MR) is 66.5 cm³/mol. The molecule has 1 aliphatic heterocycles. The zero-order valence-corrected chi connectivity index (χ0v) is 11.7. The summed E-state index contributed by atoms with van der Waals surface area (Å²) in [7, 11) is -3.06. The summed E-state index contributed by atoms with van der Waals surface area (Å²) in [6, 6.07) is 0. The van der Waals surface area contributed by atoms with Gasteiger partial charge < -0.3 is 10.1 Å². The maximum Gasteiger partial charge on any atom is 0.407 e. The fraction of sp³-hybridized carbons (Fsp3) is 0.889. The van der Waals surface area contributed by atoms with Gasteiger partial charge in [-0.25, -0.2) is 13.2 Å². The van der Waals surface area contributed by atoms with Crippen molar-refractivity contribution in [1.29, 1.82) is 0 Å². The first-order valence-electron chi connectivity index (χ1n) is 5.11. The first-order valence-corrected chi connectivity index (χ1v) is 8.00. The summed E-state index contributed by atoms with van der Waals surface area (Å²) in [5, 5.41) is 2.55. The molecule has 0 aromatic heterocycles. The fourth-order valence-corrected chi connectivity index (χ4v) is 4.19. The second kappa shape index (κ2) is 5.63. The van der Waals surface area contributed by atoms with Crippen LogP contribution in [0.4, 0.5) is 4.79 Å². The van der Waals surface area contributed by atoms with Crippen LogP contribution in [0.2, 0.25) is 0 Å². The van der Waals surface area contributed by atoms with Gasteiger partial charge in [0.05, 0.1) is 28.8 Å². The molecule has 1 atom stereocenters. The van der Waals surface area contributed by atoms with Crippen LogP contribution in [0.1, 0.15) is 13.3 Å². The lowest BCUT2D eigenvalue weighted by atomic mass is 10.0. The Morgan fingerprint density at radius 3 is 2.47 bits per heavy atom. The molecule has 1 aliphatic rings. The monoisotopic (exact) mass is 303 g/mol. The topological polar surface area (TPSA) is 72.5 Å². The minimum atomic E-state index is -3.06. The summed E-state index contributed by atoms with van der Waals surface area (Å²) in [4.78, 5) is 11.5. The highest BCUT2D eigenvalue weighted by Gasteiger charge is 2.40. The van der Waals surface area contributed by atoms with Crippen LogP contribution < -0.4 is 5.32 Å². The van der Waals surface area contributed by atoms with Crippen LogP contribution in [0.25, 0.3) is 0 Å². The molecule has 17 heavy (non-hydrogen) atoms. The molecule has 0 aromatic carbocycles. The second-order valence-corrected chi connectivity index (χ2v) is 7.16. The quantitative estimate of drug-likeness (QED) is 0.790. The Hall–Kier alpha value is -0.200. The molecule has 0 bridgehead atoms. The average molecular weight is 304 g/mol. The minimum Gasteiger partial charge on any atom is -0.444 e. The number of hydrogen-bond donors (Lipinski definition) is 1. The smallest absolute Gasteiger partial charge is 0.407 e. The molecule has 1 fully saturated rings. The number of alkyl carbamates (subject to hydrolysis) is 1. The molecular formula is C9H15Cl2NO4S. The van der Waals surface area contributed by atoms with E-state index < -0.39 is 27.6 Å². The van der Waals surface area contributed by atoms with Crippen molar-refractivity contribution >= 4 is 39.1 Å². The Bertz CT molecular complexity index is 382. The summed E-state index contributed by atoms with van der Waals surface area (Å²) >= 11 is 11.0. The predicted octanol–water partition coefficient (Wildman–Crippen LogP) is 1.14. The molecular weight excluding hydrogens is 289 g/mol. The summed E-state index contributed by atoms with van der Waals surface area (Å²) in [5.41, 5.74) is -0.765. The van der Waals surface area contributed by atoms with E-state index >= 15 is 0 Å². The normalized spacial score (nSPS) is 27.1. The number of carbonyl (C=O) groups is 1. The zero-order valence-electron chi connectivity index (χ0n) is 9.41. The molecule has 0 radical (unpaired) electrons. The summed E-state index contributed by atoms with van der Waals surface area (Å²) in [6.07, 6.45) is -0.868. The maximum atomic E-state index is 11.5. The van der Waals surface area contributed by atoms with Crippen LogP contribution in [-0.4, -0.2) is 49.4 Å². The van der Waals surface area contributed by atoms with Crippen LogP contribution in [-0.2, 0) is 14.6 Å². The van der Waals surface area contributed by atoms with Crippen molar-refractivity contribution in [2.24, 2.45) is 0 Å². The highest BCUT2D eigenvalue weighted by Crippen LogP contribution is 2.22. The van der Waals surface area contributed by atoms with Crippen molar-refractivity contribution < 1.29 is 17.9 Å². The van der Waals surface area contributed by atoms with E-state index in [0.29, 0.717) is 6.42 Å². The lowest BCUT2D eigenvalue weighted by Gasteiger charge is -2.24. The molecule has 0 saturated carbocycles. The van der Waals surface area contributed by atoms with E-state index in [-0.39, 0.29) is 23.3 Å². The minimum absolute atomic E-state index is 0.0679. The van der Waals surface area contributed by atoms with Crippen LogP contribution in [0, 0.1) is 0 Å². The number of nitrogens with one attached hydrogen (secondary N) is 1. The van der Waals surface area contributed by atoms with Crippen molar-refractivity contribution in [2.45, 2.75) is 25.0 Å². The maximum absolute atomic E-state index is 11.5. The standard InChI is InChI=1S/C9H15Cl2NO4S/c1-9(2-3-17(14,15)6-9)12-8(13)16-7(4-10)5-11/h7H,2-6H2,1H3,(H,12,13)/t9-/m1/s1. The first-order chi connectivity index (χ1) is 7.80. The van der Waals surface area contributed by atoms with Crippen LogP contribution in [0.15, 0.2) is 0 Å². The number of rotatable bonds is 4. The Kier molecular flexibility index (Phi) is 4.92. The van der Waals surface area contributed by atoms with Gasteiger partial charge in [-0.3, -0.25) is 0 Å². The SMILES string of the molecule is C[C@@]1(NC(=O)OC(CCl)CCl)CCS(=O)(=O)C1. The number of hydrogen-bond acceptors (Lipinski definition) is 4. The molecule has 0 spiro atoms. The number of amides is 1. The van der Waals surface area contributed by atoms with E-state index in [2.05, 4.69) is 5.32 Å². The first kappa shape index (κ1) is 14.9. The van der Waals surface area contributed by atoms with Crippen molar-refractivity contribution in [3.8, 4) is 0 Å². The molecule has 1 saturated heterocycles. The molecule has 1 rings (SSSR count). The van der Waals surface area contributed by atoms with Crippen LogP contribution in [0.3, 0.4) is 0 Å². The van der Waals surface area contributed by atoms with Crippen molar-refractivity contribution in [3.05, 3.63) is 0 Å². The molecule has 0 aromatic rings. The number of alkyl halides is 2. The van der Waals surface area contributed by atoms with E-state index in [0.717, 1.165) is 0 Å². The third kappa shape index (κ3) is 4.52. The second-order valence-electron chi connectivity index (χ2n) is 4.36. The molecule has 0 aliphatic carbocycles. The van der Waals surface area contributed by atoms with Gasteiger partial charge >= 0.3 is 6.09 Å². The van der Waals surface area contributed by atoms with Gasteiger partial charge in [0.25, 0.3) is 0 Å². The number of carbonyl (C=O) groups excluding carboxylic acids is 1. The Morgan fingerprint density at radius 1 is 1.47 bits per heavy atom. The Balaban J connectivity index is 2.52. The van der Waals surface area contributed by atoms with Crippen LogP contribution >= 0.6 is 23.2 Å². The van der Waals surface area contributed by atoms with Gasteiger partial charge in [0, 0.05) is 0 Å². The summed E-state index contributed by atoms with van der Waals surface area (Å²) in [5.74, 6) is 0.220. The van der Waals surface area contributed by atoms with Crippen LogP contribution in [0.5, 0.6) is 0 Å². The lowest BCUT2D eigenvalue weighted by Crippen LogP contribution is -2.48. The van der Waals surface area contributed by atoms with Crippen molar-refractivity contribution in [3.63, 3.8) is 0 Å². The van der Waals surface area contributed by atoms with E-state index in [1.807, 2.05) is 0 Å². The van der Waals surface area contributed by atoms with Crippen molar-refractivity contribution in [1.82, 2.24) is 5.32 Å². The molecule has 1 heterocycles. The van der Waals surface area contributed by atoms with Gasteiger partial charge in [0.15, 0.2) is 9.84 Å². The number of sulfone groups is 1. The van der Waals surface area contributed by atoms with Gasteiger partial charge in [-0.1, -0.05) is 0 Å². The highest BCUT2D eigenvalue weighted by atomic mass is 35.5. The summed E-state index contributed by atoms with van der Waals surface area (Å²) in [6.45, 7) is 1.68. The number of ether oxygens (including phenoxy) is 1. The molecule has 1 N–H and O–H groups in total. The third-order valence-electron chi connectivity index (χ3n) is 2.53. The lowest BCUT2D eigenvalue weighted by molar-refractivity contribution is 0.110. The van der Waals surface area contributed by atoms with Gasteiger partial charge in [0.2, 0.25) is 0 Å². The highest BCUT2D eigenvalue weighted by molar-refractivity contribution is 7.91. The molecule has 0 unspecified atom stereocenters. The van der Waals surface area contributed by atoms with E-state index in [9.17, 15) is 13.2 Å². The van der Waals surface area contributed by atoms with E-state index in [4.69, 9.17) is 27.9 Å². The largest absolute Gasteiger partial charge is 0.444 e. The zero-order chi connectivity index (χ0) is 13.1. The number of halogens is 2. The van der Waals surface area contributed by atoms with Crippen molar-refractivity contribution in [2.75, 3.05) is 23.3 Å². The molecule has 5 nitrogen and oxygen atoms in total. The molecule has 8 heteroatoms. The fourth-order valence-electron chi connectivity index (χ4n) is 1.64. The average Bonchev–Trinajstić information content (AvgIpc) is 2.49. The summed E-state index contributed by atoms with van der Waals surface area (Å²) < 4.78 is 27.6. The van der Waals surface area contributed by atoms with E-state index in [1.165, 1.54) is 0 Å².